The molecule has 0 aliphatic rings. The molecular formula is C11H15ClFNO. The average Bonchev–Trinajstić information content (AvgIpc) is 2.17. The number of hydrogen-bond donors (Lipinski definition) is 1. The van der Waals surface area contributed by atoms with E-state index in [1.165, 1.54) is 13.2 Å². The van der Waals surface area contributed by atoms with Crippen molar-refractivity contribution in [1.82, 2.24) is 0 Å². The molecule has 1 aromatic carbocycles. The molecule has 0 amide bonds. The molecule has 2 nitrogen and oxygen atoms in total. The highest BCUT2D eigenvalue weighted by molar-refractivity contribution is 5.85. The molecule has 0 aliphatic heterocycles. The first-order valence-corrected chi connectivity index (χ1v) is 4.39. The Balaban J connectivity index is 0.00000196. The van der Waals surface area contributed by atoms with Gasteiger partial charge in [0, 0.05) is 17.7 Å². The lowest BCUT2D eigenvalue weighted by Crippen LogP contribution is -2.11. The van der Waals surface area contributed by atoms with E-state index in [4.69, 9.17) is 10.5 Å². The molecule has 4 heteroatoms. The predicted octanol–water partition coefficient (Wildman–Crippen LogP) is 2.83. The van der Waals surface area contributed by atoms with Crippen molar-refractivity contribution in [3.05, 3.63) is 42.2 Å². The molecule has 0 heterocycles. The summed E-state index contributed by atoms with van der Waals surface area (Å²) in [5.74, 6) is 0.163. The van der Waals surface area contributed by atoms with Gasteiger partial charge in [-0.05, 0) is 12.5 Å². The molecule has 1 atom stereocenters. The Kier molecular flexibility index (Phi) is 5.97. The van der Waals surface area contributed by atoms with E-state index in [2.05, 4.69) is 6.58 Å². The van der Waals surface area contributed by atoms with Gasteiger partial charge in [-0.1, -0.05) is 12.1 Å². The Bertz CT molecular complexity index is 330. The van der Waals surface area contributed by atoms with Crippen molar-refractivity contribution in [3.63, 3.8) is 0 Å². The Hall–Kier alpha value is -1.06. The van der Waals surface area contributed by atoms with Crippen LogP contribution in [0.4, 0.5) is 4.39 Å². The Morgan fingerprint density at radius 1 is 1.60 bits per heavy atom. The van der Waals surface area contributed by atoms with Gasteiger partial charge in [-0.25, -0.2) is 4.39 Å². The zero-order chi connectivity index (χ0) is 10.6. The van der Waals surface area contributed by atoms with Gasteiger partial charge >= 0.3 is 0 Å². The number of benzene rings is 1. The number of ether oxygens (including phenoxy) is 1. The summed E-state index contributed by atoms with van der Waals surface area (Å²) in [5.41, 5.74) is 6.24. The molecule has 1 aromatic rings. The third-order valence-corrected chi connectivity index (χ3v) is 2.03. The first kappa shape index (κ1) is 13.9. The third-order valence-electron chi connectivity index (χ3n) is 2.03. The summed E-state index contributed by atoms with van der Waals surface area (Å²) in [6.45, 7) is 3.56. The van der Waals surface area contributed by atoms with E-state index in [9.17, 15) is 4.39 Å². The monoisotopic (exact) mass is 231 g/mol. The molecule has 15 heavy (non-hydrogen) atoms. The van der Waals surface area contributed by atoms with Crippen LogP contribution in [0.3, 0.4) is 0 Å². The molecule has 0 radical (unpaired) electrons. The fourth-order valence-corrected chi connectivity index (χ4v) is 1.24. The van der Waals surface area contributed by atoms with Crippen molar-refractivity contribution in [1.29, 1.82) is 0 Å². The van der Waals surface area contributed by atoms with E-state index in [0.717, 1.165) is 0 Å². The molecule has 0 fully saturated rings. The molecule has 1 rings (SSSR count). The van der Waals surface area contributed by atoms with Crippen LogP contribution in [0.5, 0.6) is 5.75 Å². The van der Waals surface area contributed by atoms with E-state index in [1.54, 1.807) is 18.2 Å². The summed E-state index contributed by atoms with van der Waals surface area (Å²) < 4.78 is 18.3. The van der Waals surface area contributed by atoms with Gasteiger partial charge < -0.3 is 10.5 Å². The standard InChI is InChI=1S/C11H14FNO.ClH/c1-3-4-11(13)9-6-5-8(14-2)7-10(9)12;/h3,5-7,11H,1,4,13H2,2H3;1H/t11-;/m1./s1. The van der Waals surface area contributed by atoms with Crippen molar-refractivity contribution in [3.8, 4) is 5.75 Å². The molecule has 2 N–H and O–H groups in total. The van der Waals surface area contributed by atoms with Gasteiger partial charge in [0.05, 0.1) is 7.11 Å². The highest BCUT2D eigenvalue weighted by atomic mass is 35.5. The maximum absolute atomic E-state index is 13.4. The van der Waals surface area contributed by atoms with Crippen LogP contribution >= 0.6 is 12.4 Å². The Labute approximate surface area is 95.3 Å². The maximum atomic E-state index is 13.4. The van der Waals surface area contributed by atoms with Crippen LogP contribution < -0.4 is 10.5 Å². The van der Waals surface area contributed by atoms with Crippen molar-refractivity contribution in [2.75, 3.05) is 7.11 Å². The minimum absolute atomic E-state index is 0. The summed E-state index contributed by atoms with van der Waals surface area (Å²) in [6.07, 6.45) is 2.23. The SMILES string of the molecule is C=CC[C@@H](N)c1ccc(OC)cc1F.Cl. The summed E-state index contributed by atoms with van der Waals surface area (Å²) in [6, 6.07) is 4.33. The van der Waals surface area contributed by atoms with E-state index >= 15 is 0 Å². The molecule has 0 spiro atoms. The van der Waals surface area contributed by atoms with E-state index in [-0.39, 0.29) is 24.3 Å². The summed E-state index contributed by atoms with van der Waals surface area (Å²) >= 11 is 0. The number of rotatable bonds is 4. The summed E-state index contributed by atoms with van der Waals surface area (Å²) in [5, 5.41) is 0. The topological polar surface area (TPSA) is 35.2 Å². The zero-order valence-electron chi connectivity index (χ0n) is 8.57. The largest absolute Gasteiger partial charge is 0.497 e. The predicted molar refractivity (Wildman–Crippen MR) is 61.9 cm³/mol. The second-order valence-corrected chi connectivity index (χ2v) is 3.02. The van der Waals surface area contributed by atoms with Gasteiger partial charge in [0.2, 0.25) is 0 Å². The Morgan fingerprint density at radius 3 is 2.73 bits per heavy atom. The zero-order valence-corrected chi connectivity index (χ0v) is 9.39. The maximum Gasteiger partial charge on any atom is 0.131 e. The van der Waals surface area contributed by atoms with Crippen LogP contribution in [0.25, 0.3) is 0 Å². The average molecular weight is 232 g/mol. The molecule has 0 saturated heterocycles. The molecule has 84 valence electrons. The van der Waals surface area contributed by atoms with Gasteiger partial charge in [0.25, 0.3) is 0 Å². The number of halogens is 2. The smallest absolute Gasteiger partial charge is 0.131 e. The van der Waals surface area contributed by atoms with Crippen LogP contribution in [0.15, 0.2) is 30.9 Å². The van der Waals surface area contributed by atoms with Gasteiger partial charge in [-0.3, -0.25) is 0 Å². The van der Waals surface area contributed by atoms with Crippen molar-refractivity contribution >= 4 is 12.4 Å². The minimum atomic E-state index is -0.335. The van der Waals surface area contributed by atoms with Gasteiger partial charge in [-0.2, -0.15) is 0 Å². The highest BCUT2D eigenvalue weighted by Crippen LogP contribution is 2.22. The molecule has 0 unspecified atom stereocenters. The quantitative estimate of drug-likeness (QED) is 0.809. The van der Waals surface area contributed by atoms with Crippen LogP contribution in [0.1, 0.15) is 18.0 Å². The number of methoxy groups -OCH3 is 1. The fourth-order valence-electron chi connectivity index (χ4n) is 1.24. The van der Waals surface area contributed by atoms with Crippen molar-refractivity contribution in [2.45, 2.75) is 12.5 Å². The lowest BCUT2D eigenvalue weighted by atomic mass is 10.0. The van der Waals surface area contributed by atoms with E-state index in [0.29, 0.717) is 17.7 Å². The van der Waals surface area contributed by atoms with Gasteiger partial charge in [-0.15, -0.1) is 19.0 Å². The van der Waals surface area contributed by atoms with Crippen molar-refractivity contribution < 1.29 is 9.13 Å². The lowest BCUT2D eigenvalue weighted by Gasteiger charge is -2.11. The molecule has 0 aliphatic carbocycles. The number of hydrogen-bond acceptors (Lipinski definition) is 2. The second kappa shape index (κ2) is 6.43. The van der Waals surface area contributed by atoms with Crippen LogP contribution in [0, 0.1) is 5.82 Å². The second-order valence-electron chi connectivity index (χ2n) is 3.02. The molecule has 0 saturated carbocycles. The van der Waals surface area contributed by atoms with Gasteiger partial charge in [0.1, 0.15) is 11.6 Å². The molecule has 0 aromatic heterocycles. The van der Waals surface area contributed by atoms with Crippen LogP contribution in [0.2, 0.25) is 0 Å². The fraction of sp³-hybridized carbons (Fsp3) is 0.273. The normalized spacial score (nSPS) is 11.4. The first-order chi connectivity index (χ1) is 6.69. The lowest BCUT2D eigenvalue weighted by molar-refractivity contribution is 0.410. The van der Waals surface area contributed by atoms with E-state index < -0.39 is 0 Å². The van der Waals surface area contributed by atoms with Crippen LogP contribution in [-0.2, 0) is 0 Å². The molecule has 0 bridgehead atoms. The van der Waals surface area contributed by atoms with Crippen molar-refractivity contribution in [2.24, 2.45) is 5.73 Å². The first-order valence-electron chi connectivity index (χ1n) is 4.39. The van der Waals surface area contributed by atoms with E-state index in [1.807, 2.05) is 0 Å². The summed E-state index contributed by atoms with van der Waals surface area (Å²) in [7, 11) is 1.50. The number of nitrogens with two attached hydrogens (primary N) is 1. The molecular weight excluding hydrogens is 217 g/mol. The highest BCUT2D eigenvalue weighted by Gasteiger charge is 2.10. The van der Waals surface area contributed by atoms with Crippen LogP contribution in [-0.4, -0.2) is 7.11 Å². The third kappa shape index (κ3) is 3.53. The van der Waals surface area contributed by atoms with Gasteiger partial charge in [0.15, 0.2) is 0 Å². The summed E-state index contributed by atoms with van der Waals surface area (Å²) in [4.78, 5) is 0. The Morgan fingerprint density at radius 2 is 2.27 bits per heavy atom. The minimum Gasteiger partial charge on any atom is -0.497 e.